The number of aryl methyl sites for hydroxylation is 2. The van der Waals surface area contributed by atoms with Gasteiger partial charge in [0.1, 0.15) is 18.5 Å². The number of hydrogen-bond donors (Lipinski definition) is 1. The van der Waals surface area contributed by atoms with Gasteiger partial charge in [-0.25, -0.2) is 0 Å². The lowest BCUT2D eigenvalue weighted by Gasteiger charge is -2.35. The van der Waals surface area contributed by atoms with Gasteiger partial charge in [0.2, 0.25) is 0 Å². The van der Waals surface area contributed by atoms with Crippen molar-refractivity contribution in [3.05, 3.63) is 29.3 Å². The molecule has 3 nitrogen and oxygen atoms in total. The second kappa shape index (κ2) is 8.76. The molecule has 0 aromatic heterocycles. The first-order valence-corrected chi connectivity index (χ1v) is 8.04. The number of piperidine rings is 1. The van der Waals surface area contributed by atoms with Crippen LogP contribution in [-0.4, -0.2) is 42.4 Å². The van der Waals surface area contributed by atoms with Crippen molar-refractivity contribution in [2.45, 2.75) is 40.2 Å². The molecule has 0 radical (unpaired) electrons. The van der Waals surface area contributed by atoms with Crippen LogP contribution in [0.15, 0.2) is 18.2 Å². The van der Waals surface area contributed by atoms with Crippen LogP contribution in [0.4, 0.5) is 0 Å². The van der Waals surface area contributed by atoms with Crippen molar-refractivity contribution in [3.63, 3.8) is 0 Å². The van der Waals surface area contributed by atoms with Gasteiger partial charge in [-0.05, 0) is 55.4 Å². The van der Waals surface area contributed by atoms with Gasteiger partial charge in [-0.3, -0.25) is 0 Å². The predicted molar refractivity (Wildman–Crippen MR) is 94.1 cm³/mol. The van der Waals surface area contributed by atoms with E-state index in [9.17, 15) is 5.11 Å². The molecule has 1 aromatic rings. The van der Waals surface area contributed by atoms with E-state index in [1.807, 2.05) is 12.1 Å². The van der Waals surface area contributed by atoms with E-state index in [0.717, 1.165) is 30.7 Å². The van der Waals surface area contributed by atoms with Crippen LogP contribution in [0.25, 0.3) is 0 Å². The number of aliphatic hydroxyl groups excluding tert-OH is 1. The minimum Gasteiger partial charge on any atom is -0.491 e. The van der Waals surface area contributed by atoms with Gasteiger partial charge in [-0.2, -0.15) is 0 Å². The highest BCUT2D eigenvalue weighted by atomic mass is 35.5. The lowest BCUT2D eigenvalue weighted by Crippen LogP contribution is -2.44. The first kappa shape index (κ1) is 19.3. The third-order valence-electron chi connectivity index (χ3n) is 4.33. The highest BCUT2D eigenvalue weighted by molar-refractivity contribution is 5.85. The Bertz CT molecular complexity index is 456. The van der Waals surface area contributed by atoms with E-state index in [2.05, 4.69) is 38.7 Å². The lowest BCUT2D eigenvalue weighted by molar-refractivity contribution is 0.0429. The molecule has 0 aliphatic carbocycles. The van der Waals surface area contributed by atoms with Crippen LogP contribution < -0.4 is 4.74 Å². The predicted octanol–water partition coefficient (Wildman–Crippen LogP) is 3.44. The molecule has 126 valence electrons. The summed E-state index contributed by atoms with van der Waals surface area (Å²) >= 11 is 0. The van der Waals surface area contributed by atoms with Crippen molar-refractivity contribution in [1.29, 1.82) is 0 Å². The minimum absolute atomic E-state index is 0. The van der Waals surface area contributed by atoms with Crippen LogP contribution in [0.2, 0.25) is 0 Å². The number of aliphatic hydroxyl groups is 1. The van der Waals surface area contributed by atoms with E-state index in [4.69, 9.17) is 4.74 Å². The minimum atomic E-state index is -0.427. The smallest absolute Gasteiger partial charge is 0.119 e. The SMILES string of the molecule is Cc1ccc(OCC(O)CN2CC(C)CC(C)C2)cc1C.Cl. The highest BCUT2D eigenvalue weighted by Crippen LogP contribution is 2.21. The van der Waals surface area contributed by atoms with E-state index in [0.29, 0.717) is 13.2 Å². The summed E-state index contributed by atoms with van der Waals surface area (Å²) in [5, 5.41) is 10.2. The van der Waals surface area contributed by atoms with E-state index in [1.54, 1.807) is 0 Å². The third-order valence-corrected chi connectivity index (χ3v) is 4.33. The fourth-order valence-corrected chi connectivity index (χ4v) is 3.29. The molecule has 1 saturated heterocycles. The number of nitrogens with zero attached hydrogens (tertiary/aromatic N) is 1. The molecule has 1 aromatic carbocycles. The van der Waals surface area contributed by atoms with Gasteiger partial charge < -0.3 is 14.7 Å². The molecule has 0 spiro atoms. The quantitative estimate of drug-likeness (QED) is 0.899. The zero-order valence-electron chi connectivity index (χ0n) is 14.2. The van der Waals surface area contributed by atoms with Gasteiger partial charge in [0.15, 0.2) is 0 Å². The zero-order chi connectivity index (χ0) is 15.4. The van der Waals surface area contributed by atoms with Gasteiger partial charge in [0, 0.05) is 19.6 Å². The molecule has 1 fully saturated rings. The van der Waals surface area contributed by atoms with Gasteiger partial charge in [-0.15, -0.1) is 12.4 Å². The molecule has 1 heterocycles. The molecule has 1 N–H and O–H groups in total. The summed E-state index contributed by atoms with van der Waals surface area (Å²) in [4.78, 5) is 2.37. The Hall–Kier alpha value is -0.770. The summed E-state index contributed by atoms with van der Waals surface area (Å²) in [5.74, 6) is 2.29. The van der Waals surface area contributed by atoms with Crippen LogP contribution in [-0.2, 0) is 0 Å². The average molecular weight is 328 g/mol. The Labute approximate surface area is 141 Å². The van der Waals surface area contributed by atoms with Crippen LogP contribution in [0.5, 0.6) is 5.75 Å². The van der Waals surface area contributed by atoms with E-state index >= 15 is 0 Å². The van der Waals surface area contributed by atoms with Crippen molar-refractivity contribution >= 4 is 12.4 Å². The monoisotopic (exact) mass is 327 g/mol. The number of halogens is 1. The Morgan fingerprint density at radius 2 is 1.82 bits per heavy atom. The van der Waals surface area contributed by atoms with Crippen LogP contribution in [0.1, 0.15) is 31.4 Å². The normalized spacial score (nSPS) is 23.7. The molecule has 1 aliphatic rings. The standard InChI is InChI=1S/C18H29NO2.ClH/c1-13-7-14(2)10-19(9-13)11-17(20)12-21-18-6-5-15(3)16(4)8-18;/h5-6,8,13-14,17,20H,7,9-12H2,1-4H3;1H. The fourth-order valence-electron chi connectivity index (χ4n) is 3.29. The number of benzene rings is 1. The Morgan fingerprint density at radius 3 is 2.41 bits per heavy atom. The maximum Gasteiger partial charge on any atom is 0.119 e. The van der Waals surface area contributed by atoms with Crippen LogP contribution in [0.3, 0.4) is 0 Å². The number of rotatable bonds is 5. The average Bonchev–Trinajstić information content (AvgIpc) is 2.39. The lowest BCUT2D eigenvalue weighted by atomic mass is 9.92. The van der Waals surface area contributed by atoms with Crippen molar-refractivity contribution < 1.29 is 9.84 Å². The topological polar surface area (TPSA) is 32.7 Å². The number of ether oxygens (including phenoxy) is 1. The first-order chi connectivity index (χ1) is 9.94. The summed E-state index contributed by atoms with van der Waals surface area (Å²) in [7, 11) is 0. The van der Waals surface area contributed by atoms with Gasteiger partial charge in [0.25, 0.3) is 0 Å². The van der Waals surface area contributed by atoms with E-state index in [-0.39, 0.29) is 12.4 Å². The molecule has 22 heavy (non-hydrogen) atoms. The summed E-state index contributed by atoms with van der Waals surface area (Å²) < 4.78 is 5.72. The van der Waals surface area contributed by atoms with Gasteiger partial charge >= 0.3 is 0 Å². The summed E-state index contributed by atoms with van der Waals surface area (Å²) in [5.41, 5.74) is 2.49. The zero-order valence-corrected chi connectivity index (χ0v) is 15.0. The second-order valence-electron chi connectivity index (χ2n) is 6.88. The molecule has 1 aliphatic heterocycles. The van der Waals surface area contributed by atoms with Crippen molar-refractivity contribution in [3.8, 4) is 5.75 Å². The molecular formula is C18H30ClNO2. The number of likely N-dealkylation sites (tertiary alicyclic amines) is 1. The maximum absolute atomic E-state index is 10.2. The molecule has 4 heteroatoms. The summed E-state index contributed by atoms with van der Waals surface area (Å²) in [6.45, 7) is 12.0. The van der Waals surface area contributed by atoms with Crippen molar-refractivity contribution in [2.24, 2.45) is 11.8 Å². The molecule has 3 atom stereocenters. The van der Waals surface area contributed by atoms with Crippen LogP contribution >= 0.6 is 12.4 Å². The van der Waals surface area contributed by atoms with Crippen molar-refractivity contribution in [1.82, 2.24) is 4.90 Å². The Kier molecular flexibility index (Phi) is 7.67. The second-order valence-corrected chi connectivity index (χ2v) is 6.88. The van der Waals surface area contributed by atoms with Gasteiger partial charge in [0.05, 0.1) is 0 Å². The molecule has 0 bridgehead atoms. The highest BCUT2D eigenvalue weighted by Gasteiger charge is 2.23. The van der Waals surface area contributed by atoms with Crippen LogP contribution in [0, 0.1) is 25.7 Å². The largest absolute Gasteiger partial charge is 0.491 e. The Balaban J connectivity index is 0.00000242. The number of β-amino-alcohol motifs (C(OH)–C–C–N with tert-alkyl or cyclic N) is 1. The molecule has 0 saturated carbocycles. The molecule has 2 rings (SSSR count). The molecule has 3 unspecified atom stereocenters. The van der Waals surface area contributed by atoms with E-state index in [1.165, 1.54) is 17.5 Å². The maximum atomic E-state index is 10.2. The Morgan fingerprint density at radius 1 is 1.18 bits per heavy atom. The van der Waals surface area contributed by atoms with Gasteiger partial charge in [-0.1, -0.05) is 19.9 Å². The third kappa shape index (κ3) is 5.79. The first-order valence-electron chi connectivity index (χ1n) is 8.04. The number of hydrogen-bond acceptors (Lipinski definition) is 3. The summed E-state index contributed by atoms with van der Waals surface area (Å²) in [6, 6.07) is 6.07. The summed E-state index contributed by atoms with van der Waals surface area (Å²) in [6.07, 6.45) is 0.871. The van der Waals surface area contributed by atoms with E-state index < -0.39 is 6.10 Å². The molecular weight excluding hydrogens is 298 g/mol. The van der Waals surface area contributed by atoms with Crippen molar-refractivity contribution in [2.75, 3.05) is 26.2 Å². The fraction of sp³-hybridized carbons (Fsp3) is 0.667. The molecule has 0 amide bonds.